The Hall–Kier alpha value is -5.88. The second-order valence-electron chi connectivity index (χ2n) is 18.1. The fourth-order valence-corrected chi connectivity index (χ4v) is 10.4. The molecule has 0 saturated carbocycles. The van der Waals surface area contributed by atoms with Crippen LogP contribution in [-0.2, 0) is 64.8 Å². The Morgan fingerprint density at radius 2 is 1.04 bits per heavy atom. The molecule has 0 bridgehead atoms. The monoisotopic (exact) mass is 958 g/mol. The number of likely N-dealkylation sites (N-methyl/N-ethyl adjacent to an activating group) is 2. The molecule has 16 heteroatoms. The lowest BCUT2D eigenvalue weighted by Gasteiger charge is -2.46. The van der Waals surface area contributed by atoms with Gasteiger partial charge < -0.3 is 67.3 Å². The molecule has 0 aromatic heterocycles. The third kappa shape index (κ3) is 11.6. The van der Waals surface area contributed by atoms with Crippen LogP contribution in [0.25, 0.3) is 0 Å². The van der Waals surface area contributed by atoms with Crippen LogP contribution in [-0.4, -0.2) is 137 Å². The van der Waals surface area contributed by atoms with E-state index in [1.807, 2.05) is 42.5 Å². The summed E-state index contributed by atoms with van der Waals surface area (Å²) in [5.41, 5.74) is 8.70. The summed E-state index contributed by atoms with van der Waals surface area (Å²) < 4.78 is 46.2. The SMILES string of the molecule is COc1cc2c(cc1OC)C(Cc1cc(CO)c(OC)c(OC)c1)[N+](C)(CCCOC(=O)/C=C\C(=O)OCCC[N+]1(C)CCc3cc(CO)c(CO)cc3C1c1cc(CO)c(OC)c(OC)c1)CC2. The van der Waals surface area contributed by atoms with Crippen LogP contribution in [0.5, 0.6) is 34.5 Å². The minimum atomic E-state index is -0.661. The molecule has 69 heavy (non-hydrogen) atoms. The van der Waals surface area contributed by atoms with E-state index >= 15 is 0 Å². The van der Waals surface area contributed by atoms with Gasteiger partial charge in [0, 0.05) is 72.1 Å². The first-order chi connectivity index (χ1) is 33.3. The fourth-order valence-electron chi connectivity index (χ4n) is 10.4. The van der Waals surface area contributed by atoms with Crippen molar-refractivity contribution in [3.63, 3.8) is 0 Å². The zero-order valence-electron chi connectivity index (χ0n) is 41.3. The van der Waals surface area contributed by atoms with Crippen LogP contribution < -0.4 is 28.4 Å². The van der Waals surface area contributed by atoms with Crippen molar-refractivity contribution in [3.8, 4) is 34.5 Å². The van der Waals surface area contributed by atoms with Crippen molar-refractivity contribution in [1.82, 2.24) is 0 Å². The van der Waals surface area contributed by atoms with E-state index in [1.54, 1.807) is 35.5 Å². The van der Waals surface area contributed by atoms with E-state index in [0.717, 1.165) is 65.9 Å². The highest BCUT2D eigenvalue weighted by Crippen LogP contribution is 2.46. The number of ether oxygens (including phenoxy) is 8. The van der Waals surface area contributed by atoms with Gasteiger partial charge in [0.15, 0.2) is 34.5 Å². The summed E-state index contributed by atoms with van der Waals surface area (Å²) in [5.74, 6) is 1.95. The highest BCUT2D eigenvalue weighted by atomic mass is 16.5. The van der Waals surface area contributed by atoms with Gasteiger partial charge in [-0.1, -0.05) is 6.07 Å². The molecule has 0 saturated heterocycles. The Morgan fingerprint density at radius 3 is 1.59 bits per heavy atom. The molecule has 4 N–H and O–H groups in total. The molecule has 2 aliphatic heterocycles. The first-order valence-corrected chi connectivity index (χ1v) is 23.3. The number of carbonyl (C=O) groups is 2. The number of methoxy groups -OCH3 is 6. The molecule has 0 amide bonds. The summed E-state index contributed by atoms with van der Waals surface area (Å²) in [6, 6.07) is 15.4. The molecular formula is C53H70N2O14+2. The number of nitrogens with zero attached hydrogens (tertiary/aromatic N) is 2. The number of hydrogen-bond acceptors (Lipinski definition) is 14. The molecule has 4 aromatic rings. The lowest BCUT2D eigenvalue weighted by atomic mass is 9.83. The number of hydrogen-bond donors (Lipinski definition) is 4. The summed E-state index contributed by atoms with van der Waals surface area (Å²) in [6.45, 7) is 2.17. The molecule has 4 unspecified atom stereocenters. The molecule has 374 valence electrons. The van der Waals surface area contributed by atoms with E-state index in [4.69, 9.17) is 37.9 Å². The van der Waals surface area contributed by atoms with Gasteiger partial charge in [-0.25, -0.2) is 9.59 Å². The molecule has 4 aromatic carbocycles. The topological polar surface area (TPSA) is 189 Å². The molecule has 2 heterocycles. The highest BCUT2D eigenvalue weighted by molar-refractivity contribution is 5.91. The molecule has 2 aliphatic rings. The van der Waals surface area contributed by atoms with Gasteiger partial charge in [0.2, 0.25) is 0 Å². The third-order valence-electron chi connectivity index (χ3n) is 14.0. The summed E-state index contributed by atoms with van der Waals surface area (Å²) in [4.78, 5) is 25.7. The molecule has 0 fully saturated rings. The zero-order chi connectivity index (χ0) is 49.9. The van der Waals surface area contributed by atoms with Crippen LogP contribution in [0.4, 0.5) is 0 Å². The van der Waals surface area contributed by atoms with Gasteiger partial charge in [-0.3, -0.25) is 0 Å². The lowest BCUT2D eigenvalue weighted by Crippen LogP contribution is -2.52. The average molecular weight is 959 g/mol. The van der Waals surface area contributed by atoms with Crippen LogP contribution in [0.1, 0.15) is 80.6 Å². The lowest BCUT2D eigenvalue weighted by molar-refractivity contribution is -0.941. The Bertz CT molecular complexity index is 2420. The van der Waals surface area contributed by atoms with Crippen LogP contribution >= 0.6 is 0 Å². The molecule has 0 aliphatic carbocycles. The Kier molecular flexibility index (Phi) is 18.0. The van der Waals surface area contributed by atoms with Crippen LogP contribution in [0, 0.1) is 0 Å². The predicted octanol–water partition coefficient (Wildman–Crippen LogP) is 5.21. The van der Waals surface area contributed by atoms with E-state index in [1.165, 1.54) is 12.7 Å². The molecule has 4 atom stereocenters. The standard InChI is InChI=1S/C53H70N2O14/c1-54(17-13-36-27-45(62-3)46(63-4)29-42(36)44(54)22-34-21-40(32-58)52(66-7)47(23-34)64-5)15-9-19-68-49(60)11-12-50(61)69-20-10-16-55(2)18-14-35-24-38(30-56)39(31-57)26-43(35)51(55)37-25-41(33-59)53(67-8)48(28-37)65-6/h11-12,21,23-29,44,51,56-59H,9-10,13-20,22,30-33H2,1-8H3/q+2/b12-11-. The second-order valence-corrected chi connectivity index (χ2v) is 18.1. The fraction of sp³-hybridized carbons (Fsp3) is 0.472. The molecule has 16 nitrogen and oxygen atoms in total. The first kappa shape index (κ1) is 52.5. The molecule has 6 rings (SSSR count). The third-order valence-corrected chi connectivity index (χ3v) is 14.0. The van der Waals surface area contributed by atoms with Crippen molar-refractivity contribution in [2.45, 2.75) is 70.6 Å². The molecule has 0 spiro atoms. The molecule has 0 radical (unpaired) electrons. The van der Waals surface area contributed by atoms with Crippen molar-refractivity contribution >= 4 is 11.9 Å². The largest absolute Gasteiger partial charge is 0.493 e. The number of quaternary nitrogens is 2. The number of aliphatic hydroxyl groups excluding tert-OH is 4. The minimum Gasteiger partial charge on any atom is -0.493 e. The predicted molar refractivity (Wildman–Crippen MR) is 257 cm³/mol. The van der Waals surface area contributed by atoms with Crippen molar-refractivity contribution < 1.29 is 76.9 Å². The van der Waals surface area contributed by atoms with Crippen molar-refractivity contribution in [3.05, 3.63) is 116 Å². The molecular weight excluding hydrogens is 889 g/mol. The van der Waals surface area contributed by atoms with E-state index in [2.05, 4.69) is 20.2 Å². The van der Waals surface area contributed by atoms with Crippen molar-refractivity contribution in [2.24, 2.45) is 0 Å². The summed E-state index contributed by atoms with van der Waals surface area (Å²) in [5, 5.41) is 40.8. The van der Waals surface area contributed by atoms with Gasteiger partial charge in [-0.05, 0) is 70.3 Å². The highest BCUT2D eigenvalue weighted by Gasteiger charge is 2.42. The summed E-state index contributed by atoms with van der Waals surface area (Å²) in [6.07, 6.45) is 5.38. The number of benzene rings is 4. The maximum atomic E-state index is 12.9. The van der Waals surface area contributed by atoms with Crippen LogP contribution in [0.2, 0.25) is 0 Å². The van der Waals surface area contributed by atoms with E-state index in [-0.39, 0.29) is 51.7 Å². The number of aliphatic hydroxyl groups is 4. The van der Waals surface area contributed by atoms with Crippen LogP contribution in [0.15, 0.2) is 60.7 Å². The smallest absolute Gasteiger partial charge is 0.331 e. The average Bonchev–Trinajstić information content (AvgIpc) is 3.37. The number of fused-ring (bicyclic) bond motifs is 2. The maximum absolute atomic E-state index is 12.9. The quantitative estimate of drug-likeness (QED) is 0.0328. The van der Waals surface area contributed by atoms with Gasteiger partial charge >= 0.3 is 11.9 Å². The Labute approximate surface area is 405 Å². The second kappa shape index (κ2) is 23.6. The summed E-state index contributed by atoms with van der Waals surface area (Å²) >= 11 is 0. The minimum absolute atomic E-state index is 0.0333. The van der Waals surface area contributed by atoms with Gasteiger partial charge in [-0.15, -0.1) is 0 Å². The van der Waals surface area contributed by atoms with Crippen molar-refractivity contribution in [2.75, 3.05) is 96.1 Å². The first-order valence-electron chi connectivity index (χ1n) is 23.3. The Balaban J connectivity index is 1.08. The van der Waals surface area contributed by atoms with Gasteiger partial charge in [-0.2, -0.15) is 0 Å². The number of rotatable bonds is 23. The van der Waals surface area contributed by atoms with Crippen LogP contribution in [0.3, 0.4) is 0 Å². The van der Waals surface area contributed by atoms with Gasteiger partial charge in [0.05, 0.1) is 123 Å². The number of esters is 2. The van der Waals surface area contributed by atoms with E-state index < -0.39 is 11.9 Å². The summed E-state index contributed by atoms with van der Waals surface area (Å²) in [7, 11) is 13.8. The van der Waals surface area contributed by atoms with Gasteiger partial charge in [0.25, 0.3) is 0 Å². The van der Waals surface area contributed by atoms with E-state index in [9.17, 15) is 30.0 Å². The van der Waals surface area contributed by atoms with E-state index in [0.29, 0.717) is 98.1 Å². The zero-order valence-corrected chi connectivity index (χ0v) is 41.3. The maximum Gasteiger partial charge on any atom is 0.331 e. The Morgan fingerprint density at radius 1 is 0.551 bits per heavy atom. The van der Waals surface area contributed by atoms with Gasteiger partial charge in [0.1, 0.15) is 12.1 Å². The van der Waals surface area contributed by atoms with Crippen molar-refractivity contribution in [1.29, 1.82) is 0 Å². The number of carbonyl (C=O) groups excluding carboxylic acids is 2. The normalized spacial score (nSPS) is 19.6.